The van der Waals surface area contributed by atoms with Gasteiger partial charge in [0.05, 0.1) is 4.47 Å². The summed E-state index contributed by atoms with van der Waals surface area (Å²) in [7, 11) is 0. The predicted molar refractivity (Wildman–Crippen MR) is 86.2 cm³/mol. The normalized spacial score (nSPS) is 13.8. The molecule has 0 spiro atoms. The second kappa shape index (κ2) is 5.88. The molecule has 0 unspecified atom stereocenters. The molecule has 0 amide bonds. The van der Waals surface area contributed by atoms with Gasteiger partial charge in [0.15, 0.2) is 0 Å². The lowest BCUT2D eigenvalue weighted by molar-refractivity contribution is 0.471. The third kappa shape index (κ3) is 2.83. The molecule has 1 aliphatic rings. The van der Waals surface area contributed by atoms with Crippen molar-refractivity contribution in [3.05, 3.63) is 57.6 Å². The summed E-state index contributed by atoms with van der Waals surface area (Å²) in [6.07, 6.45) is 4.98. The smallest absolute Gasteiger partial charge is 0.129 e. The molecule has 3 rings (SSSR count). The molecule has 1 aliphatic carbocycles. The first kappa shape index (κ1) is 13.5. The van der Waals surface area contributed by atoms with Crippen LogP contribution in [0.5, 0.6) is 5.75 Å². The summed E-state index contributed by atoms with van der Waals surface area (Å²) in [4.78, 5) is 0. The first-order chi connectivity index (χ1) is 9.74. The Balaban J connectivity index is 1.76. The SMILES string of the molecule is Oc1ccc(CNc2cccc3c2CCCC3)cc1Br. The molecule has 0 saturated heterocycles. The van der Waals surface area contributed by atoms with E-state index in [0.717, 1.165) is 16.6 Å². The van der Waals surface area contributed by atoms with Crippen LogP contribution in [0.1, 0.15) is 29.5 Å². The fourth-order valence-corrected chi connectivity index (χ4v) is 3.23. The number of nitrogens with one attached hydrogen (secondary N) is 1. The van der Waals surface area contributed by atoms with Crippen LogP contribution in [0.15, 0.2) is 40.9 Å². The molecule has 0 fully saturated rings. The van der Waals surface area contributed by atoms with Gasteiger partial charge in [0, 0.05) is 12.2 Å². The number of phenols is 1. The lowest BCUT2D eigenvalue weighted by atomic mass is 9.90. The van der Waals surface area contributed by atoms with Crippen molar-refractivity contribution in [2.45, 2.75) is 32.2 Å². The summed E-state index contributed by atoms with van der Waals surface area (Å²) in [5, 5.41) is 13.1. The molecule has 0 saturated carbocycles. The van der Waals surface area contributed by atoms with Gasteiger partial charge in [-0.3, -0.25) is 0 Å². The zero-order valence-corrected chi connectivity index (χ0v) is 12.9. The van der Waals surface area contributed by atoms with Gasteiger partial charge >= 0.3 is 0 Å². The lowest BCUT2D eigenvalue weighted by Gasteiger charge is -2.20. The minimum Gasteiger partial charge on any atom is -0.507 e. The van der Waals surface area contributed by atoms with E-state index in [1.165, 1.54) is 42.5 Å². The molecular weight excluding hydrogens is 314 g/mol. The average Bonchev–Trinajstić information content (AvgIpc) is 2.48. The molecule has 0 aromatic heterocycles. The van der Waals surface area contributed by atoms with E-state index in [9.17, 15) is 5.11 Å². The van der Waals surface area contributed by atoms with Crippen molar-refractivity contribution in [3.8, 4) is 5.75 Å². The van der Waals surface area contributed by atoms with Crippen LogP contribution in [-0.2, 0) is 19.4 Å². The first-order valence-electron chi connectivity index (χ1n) is 7.06. The summed E-state index contributed by atoms with van der Waals surface area (Å²) in [6, 6.07) is 12.2. The fourth-order valence-electron chi connectivity index (χ4n) is 2.80. The Morgan fingerprint density at radius 1 is 1.10 bits per heavy atom. The van der Waals surface area contributed by atoms with Gasteiger partial charge in [0.1, 0.15) is 5.75 Å². The number of benzene rings is 2. The van der Waals surface area contributed by atoms with Gasteiger partial charge in [-0.15, -0.1) is 0 Å². The first-order valence-corrected chi connectivity index (χ1v) is 7.85. The molecule has 2 N–H and O–H groups in total. The Labute approximate surface area is 128 Å². The molecule has 3 heteroatoms. The minimum atomic E-state index is 0.283. The quantitative estimate of drug-likeness (QED) is 0.858. The van der Waals surface area contributed by atoms with Gasteiger partial charge < -0.3 is 10.4 Å². The van der Waals surface area contributed by atoms with Crippen molar-refractivity contribution < 1.29 is 5.11 Å². The highest BCUT2D eigenvalue weighted by atomic mass is 79.9. The molecule has 2 aromatic rings. The minimum absolute atomic E-state index is 0.283. The summed E-state index contributed by atoms with van der Waals surface area (Å²) in [5.41, 5.74) is 5.39. The highest BCUT2D eigenvalue weighted by Crippen LogP contribution is 2.29. The van der Waals surface area contributed by atoms with Crippen LogP contribution in [0.4, 0.5) is 5.69 Å². The van der Waals surface area contributed by atoms with E-state index in [4.69, 9.17) is 0 Å². The number of halogens is 1. The molecule has 104 valence electrons. The summed E-state index contributed by atoms with van der Waals surface area (Å²) < 4.78 is 0.742. The molecule has 0 heterocycles. The van der Waals surface area contributed by atoms with Gasteiger partial charge in [-0.05, 0) is 76.5 Å². The Morgan fingerprint density at radius 3 is 2.80 bits per heavy atom. The van der Waals surface area contributed by atoms with E-state index in [-0.39, 0.29) is 5.75 Å². The van der Waals surface area contributed by atoms with Gasteiger partial charge in [-0.2, -0.15) is 0 Å². The molecule has 0 bridgehead atoms. The maximum absolute atomic E-state index is 9.52. The second-order valence-corrected chi connectivity index (χ2v) is 6.14. The number of anilines is 1. The van der Waals surface area contributed by atoms with Crippen LogP contribution in [0, 0.1) is 0 Å². The molecular formula is C17H18BrNO. The van der Waals surface area contributed by atoms with Crippen molar-refractivity contribution in [3.63, 3.8) is 0 Å². The van der Waals surface area contributed by atoms with Crippen molar-refractivity contribution in [1.82, 2.24) is 0 Å². The lowest BCUT2D eigenvalue weighted by Crippen LogP contribution is -2.08. The van der Waals surface area contributed by atoms with Gasteiger partial charge in [-0.25, -0.2) is 0 Å². The van der Waals surface area contributed by atoms with Crippen LogP contribution >= 0.6 is 15.9 Å². The van der Waals surface area contributed by atoms with Crippen LogP contribution in [0.25, 0.3) is 0 Å². The molecule has 2 aromatic carbocycles. The maximum Gasteiger partial charge on any atom is 0.129 e. The number of fused-ring (bicyclic) bond motifs is 1. The molecule has 2 nitrogen and oxygen atoms in total. The fraction of sp³-hybridized carbons (Fsp3) is 0.294. The van der Waals surface area contributed by atoms with Crippen LogP contribution < -0.4 is 5.32 Å². The topological polar surface area (TPSA) is 32.3 Å². The third-order valence-corrected chi connectivity index (χ3v) is 4.53. The Bertz CT molecular complexity index is 624. The number of phenolic OH excluding ortho intramolecular Hbond substituents is 1. The third-order valence-electron chi connectivity index (χ3n) is 3.89. The van der Waals surface area contributed by atoms with Gasteiger partial charge in [0.2, 0.25) is 0 Å². The number of hydrogen-bond donors (Lipinski definition) is 2. The number of rotatable bonds is 3. The van der Waals surface area contributed by atoms with Crippen LogP contribution in [0.3, 0.4) is 0 Å². The highest BCUT2D eigenvalue weighted by molar-refractivity contribution is 9.10. The van der Waals surface area contributed by atoms with E-state index in [1.807, 2.05) is 12.1 Å². The van der Waals surface area contributed by atoms with E-state index < -0.39 is 0 Å². The van der Waals surface area contributed by atoms with Gasteiger partial charge in [0.25, 0.3) is 0 Å². The largest absolute Gasteiger partial charge is 0.507 e. The Kier molecular flexibility index (Phi) is 3.97. The molecule has 0 atom stereocenters. The van der Waals surface area contributed by atoms with Crippen molar-refractivity contribution in [1.29, 1.82) is 0 Å². The van der Waals surface area contributed by atoms with Crippen molar-refractivity contribution in [2.24, 2.45) is 0 Å². The van der Waals surface area contributed by atoms with Crippen molar-refractivity contribution >= 4 is 21.6 Å². The molecule has 0 radical (unpaired) electrons. The van der Waals surface area contributed by atoms with Crippen LogP contribution in [-0.4, -0.2) is 5.11 Å². The summed E-state index contributed by atoms with van der Waals surface area (Å²) in [6.45, 7) is 0.773. The second-order valence-electron chi connectivity index (χ2n) is 5.29. The van der Waals surface area contributed by atoms with Crippen LogP contribution in [0.2, 0.25) is 0 Å². The predicted octanol–water partition coefficient (Wildman–Crippen LogP) is 4.65. The Morgan fingerprint density at radius 2 is 1.95 bits per heavy atom. The maximum atomic E-state index is 9.52. The summed E-state index contributed by atoms with van der Waals surface area (Å²) >= 11 is 3.35. The zero-order chi connectivity index (χ0) is 13.9. The summed E-state index contributed by atoms with van der Waals surface area (Å²) in [5.74, 6) is 0.283. The highest BCUT2D eigenvalue weighted by Gasteiger charge is 2.12. The van der Waals surface area contributed by atoms with E-state index in [2.05, 4.69) is 39.4 Å². The Hall–Kier alpha value is -1.48. The van der Waals surface area contributed by atoms with Gasteiger partial charge in [-0.1, -0.05) is 18.2 Å². The molecule has 20 heavy (non-hydrogen) atoms. The average molecular weight is 332 g/mol. The monoisotopic (exact) mass is 331 g/mol. The molecule has 0 aliphatic heterocycles. The number of hydrogen-bond acceptors (Lipinski definition) is 2. The van der Waals surface area contributed by atoms with Crippen molar-refractivity contribution in [2.75, 3.05) is 5.32 Å². The number of aromatic hydroxyl groups is 1. The van der Waals surface area contributed by atoms with E-state index >= 15 is 0 Å². The van der Waals surface area contributed by atoms with E-state index in [0.29, 0.717) is 0 Å². The standard InChI is InChI=1S/C17H18BrNO/c18-15-10-12(8-9-17(15)20)11-19-16-7-3-5-13-4-1-2-6-14(13)16/h3,5,7-10,19-20H,1-2,4,6,11H2. The van der Waals surface area contributed by atoms with E-state index in [1.54, 1.807) is 6.07 Å². The zero-order valence-electron chi connectivity index (χ0n) is 11.3. The number of aryl methyl sites for hydroxylation is 1.